The second kappa shape index (κ2) is 6.94. The fourth-order valence-electron chi connectivity index (χ4n) is 3.44. The molecule has 2 rings (SSSR count). The Morgan fingerprint density at radius 3 is 2.29 bits per heavy atom. The van der Waals surface area contributed by atoms with Crippen molar-refractivity contribution in [1.29, 1.82) is 5.41 Å². The third kappa shape index (κ3) is 3.78. The van der Waals surface area contributed by atoms with Crippen LogP contribution in [0.4, 0.5) is 5.69 Å². The van der Waals surface area contributed by atoms with Gasteiger partial charge in [-0.05, 0) is 54.3 Å². The minimum Gasteiger partial charge on any atom is -0.377 e. The summed E-state index contributed by atoms with van der Waals surface area (Å²) in [5.41, 5.74) is 7.37. The van der Waals surface area contributed by atoms with E-state index < -0.39 is 0 Å². The number of allylic oxidation sites excluding steroid dienone is 2. The number of hydrogen-bond donors (Lipinski definition) is 1. The van der Waals surface area contributed by atoms with Gasteiger partial charge in [0, 0.05) is 38.1 Å². The highest BCUT2D eigenvalue weighted by atomic mass is 15.1. The average Bonchev–Trinajstić information content (AvgIpc) is 2.91. The van der Waals surface area contributed by atoms with E-state index in [9.17, 15) is 0 Å². The van der Waals surface area contributed by atoms with Crippen LogP contribution in [0, 0.1) is 5.41 Å². The lowest BCUT2D eigenvalue weighted by Crippen LogP contribution is -2.22. The molecule has 0 saturated carbocycles. The van der Waals surface area contributed by atoms with E-state index in [1.807, 2.05) is 0 Å². The zero-order valence-electron chi connectivity index (χ0n) is 16.2. The molecule has 3 heteroatoms. The lowest BCUT2D eigenvalue weighted by atomic mass is 9.79. The quantitative estimate of drug-likeness (QED) is 0.817. The number of likely N-dealkylation sites (N-methyl/N-ethyl adjacent to an activating group) is 1. The Hall–Kier alpha value is -1.87. The first-order valence-corrected chi connectivity index (χ1v) is 8.55. The Kier molecular flexibility index (Phi) is 5.34. The van der Waals surface area contributed by atoms with Crippen LogP contribution in [0.15, 0.2) is 29.9 Å². The van der Waals surface area contributed by atoms with Crippen molar-refractivity contribution >= 4 is 17.5 Å². The summed E-state index contributed by atoms with van der Waals surface area (Å²) in [5, 5.41) is 8.07. The molecule has 0 fully saturated rings. The molecular formula is C21H31N3. The molecule has 0 radical (unpaired) electrons. The van der Waals surface area contributed by atoms with Gasteiger partial charge < -0.3 is 15.2 Å². The summed E-state index contributed by atoms with van der Waals surface area (Å²) in [4.78, 5) is 4.34. The third-order valence-electron chi connectivity index (χ3n) is 4.39. The number of nitrogens with one attached hydrogen (secondary N) is 1. The number of rotatable bonds is 5. The van der Waals surface area contributed by atoms with Gasteiger partial charge in [-0.3, -0.25) is 0 Å². The number of anilines is 1. The van der Waals surface area contributed by atoms with Crippen molar-refractivity contribution < 1.29 is 0 Å². The van der Waals surface area contributed by atoms with Crippen molar-refractivity contribution in [2.24, 2.45) is 0 Å². The van der Waals surface area contributed by atoms with Crippen LogP contribution in [0.5, 0.6) is 0 Å². The lowest BCUT2D eigenvalue weighted by Gasteiger charge is -2.30. The minimum atomic E-state index is -0.0123. The zero-order chi connectivity index (χ0) is 18.1. The highest BCUT2D eigenvalue weighted by Gasteiger charge is 2.25. The van der Waals surface area contributed by atoms with Crippen LogP contribution in [0.25, 0.3) is 5.57 Å². The van der Waals surface area contributed by atoms with Crippen LogP contribution in [0.2, 0.25) is 0 Å². The molecule has 130 valence electrons. The molecule has 3 nitrogen and oxygen atoms in total. The van der Waals surface area contributed by atoms with Gasteiger partial charge in [0.25, 0.3) is 0 Å². The van der Waals surface area contributed by atoms with Gasteiger partial charge >= 0.3 is 0 Å². The fourth-order valence-corrected chi connectivity index (χ4v) is 3.44. The molecule has 1 aliphatic carbocycles. The van der Waals surface area contributed by atoms with Crippen LogP contribution in [-0.4, -0.2) is 45.8 Å². The molecule has 0 unspecified atom stereocenters. The summed E-state index contributed by atoms with van der Waals surface area (Å²) in [6.07, 6.45) is 7.09. The zero-order valence-corrected chi connectivity index (χ0v) is 16.2. The van der Waals surface area contributed by atoms with E-state index in [1.54, 1.807) is 0 Å². The topological polar surface area (TPSA) is 30.3 Å². The minimum absolute atomic E-state index is 0.0123. The van der Waals surface area contributed by atoms with Gasteiger partial charge in [0.15, 0.2) is 0 Å². The van der Waals surface area contributed by atoms with E-state index in [2.05, 4.69) is 83.0 Å². The Balaban J connectivity index is 2.56. The van der Waals surface area contributed by atoms with E-state index in [-0.39, 0.29) is 5.41 Å². The Morgan fingerprint density at radius 1 is 1.12 bits per heavy atom. The summed E-state index contributed by atoms with van der Waals surface area (Å²) in [6.45, 7) is 7.64. The maximum atomic E-state index is 8.07. The normalized spacial score (nSPS) is 14.7. The first-order valence-electron chi connectivity index (χ1n) is 8.55. The molecule has 0 aromatic heterocycles. The van der Waals surface area contributed by atoms with Crippen molar-refractivity contribution in [2.75, 3.05) is 39.6 Å². The van der Waals surface area contributed by atoms with Gasteiger partial charge in [0.05, 0.1) is 0 Å². The van der Waals surface area contributed by atoms with Crippen LogP contribution in [-0.2, 0) is 5.41 Å². The van der Waals surface area contributed by atoms with Crippen molar-refractivity contribution in [2.45, 2.75) is 32.6 Å². The van der Waals surface area contributed by atoms with Crippen molar-refractivity contribution in [1.82, 2.24) is 4.90 Å². The van der Waals surface area contributed by atoms with Crippen LogP contribution in [0.1, 0.15) is 43.9 Å². The van der Waals surface area contributed by atoms with E-state index >= 15 is 0 Å². The Morgan fingerprint density at radius 2 is 1.79 bits per heavy atom. The summed E-state index contributed by atoms with van der Waals surface area (Å²) in [7, 11) is 8.34. The molecule has 0 spiro atoms. The summed E-state index contributed by atoms with van der Waals surface area (Å²) in [5.74, 6) is 0. The Labute approximate surface area is 147 Å². The lowest BCUT2D eigenvalue weighted by molar-refractivity contribution is 0.449. The van der Waals surface area contributed by atoms with Gasteiger partial charge in [0.2, 0.25) is 0 Å². The molecule has 0 heterocycles. The molecule has 0 bridgehead atoms. The van der Waals surface area contributed by atoms with Crippen LogP contribution < -0.4 is 4.90 Å². The summed E-state index contributed by atoms with van der Waals surface area (Å²) >= 11 is 0. The molecule has 1 N–H and O–H groups in total. The average molecular weight is 326 g/mol. The van der Waals surface area contributed by atoms with Gasteiger partial charge in [-0.2, -0.15) is 0 Å². The third-order valence-corrected chi connectivity index (χ3v) is 4.39. The van der Waals surface area contributed by atoms with E-state index in [0.717, 1.165) is 18.5 Å². The molecule has 1 aliphatic rings. The second-order valence-electron chi connectivity index (χ2n) is 8.10. The van der Waals surface area contributed by atoms with Gasteiger partial charge in [-0.25, -0.2) is 0 Å². The van der Waals surface area contributed by atoms with Crippen LogP contribution >= 0.6 is 0 Å². The number of nitrogens with zero attached hydrogens (tertiary/aromatic N) is 2. The molecule has 0 aliphatic heterocycles. The van der Waals surface area contributed by atoms with Gasteiger partial charge in [-0.1, -0.05) is 39.0 Å². The molecule has 0 amide bonds. The van der Waals surface area contributed by atoms with Crippen molar-refractivity contribution in [3.05, 3.63) is 46.5 Å². The van der Waals surface area contributed by atoms with Gasteiger partial charge in [0.1, 0.15) is 0 Å². The highest BCUT2D eigenvalue weighted by molar-refractivity contribution is 5.93. The smallest absolute Gasteiger partial charge is 0.0405 e. The van der Waals surface area contributed by atoms with E-state index in [0.29, 0.717) is 0 Å². The second-order valence-corrected chi connectivity index (χ2v) is 8.10. The van der Waals surface area contributed by atoms with E-state index in [4.69, 9.17) is 5.41 Å². The molecule has 0 atom stereocenters. The van der Waals surface area contributed by atoms with Crippen molar-refractivity contribution in [3.8, 4) is 0 Å². The maximum Gasteiger partial charge on any atom is 0.0405 e. The van der Waals surface area contributed by atoms with Gasteiger partial charge in [-0.15, -0.1) is 0 Å². The predicted octanol–water partition coefficient (Wildman–Crippen LogP) is 4.32. The first kappa shape index (κ1) is 18.5. The molecular weight excluding hydrogens is 294 g/mol. The number of benzene rings is 1. The first-order chi connectivity index (χ1) is 11.1. The van der Waals surface area contributed by atoms with E-state index in [1.165, 1.54) is 34.2 Å². The monoisotopic (exact) mass is 325 g/mol. The largest absolute Gasteiger partial charge is 0.377 e. The van der Waals surface area contributed by atoms with Crippen molar-refractivity contribution in [3.63, 3.8) is 0 Å². The highest BCUT2D eigenvalue weighted by Crippen LogP contribution is 2.39. The summed E-state index contributed by atoms with van der Waals surface area (Å²) in [6, 6.07) is 4.39. The standard InChI is InChI=1S/C21H31N3/c1-21(2,3)20-18(13-22)17(10-11-19(20)24(6)7)16-9-8-15(12-16)14-23(4)5/h8,10-13,22H,9,14H2,1-7H3. The van der Waals surface area contributed by atoms with Crippen LogP contribution in [0.3, 0.4) is 0 Å². The Bertz CT molecular complexity index is 686. The number of hydrogen-bond acceptors (Lipinski definition) is 3. The molecule has 0 saturated heterocycles. The fraction of sp³-hybridized carbons (Fsp3) is 0.476. The SMILES string of the molecule is CN(C)CC1=CCC(c2ccc(N(C)C)c(C(C)(C)C)c2C=N)=C1. The molecule has 24 heavy (non-hydrogen) atoms. The maximum absolute atomic E-state index is 8.07. The molecule has 1 aromatic rings. The summed E-state index contributed by atoms with van der Waals surface area (Å²) < 4.78 is 0. The molecule has 1 aromatic carbocycles. The predicted molar refractivity (Wildman–Crippen MR) is 107 cm³/mol.